The fourth-order valence-electron chi connectivity index (χ4n) is 3.23. The Bertz CT molecular complexity index is 613. The molecule has 1 fully saturated rings. The Morgan fingerprint density at radius 1 is 0.920 bits per heavy atom. The van der Waals surface area contributed by atoms with Crippen molar-refractivity contribution in [3.8, 4) is 0 Å². The molecule has 1 aliphatic heterocycles. The molecule has 0 spiro atoms. The number of nitrogens with zero attached hydrogens (tertiary/aromatic N) is 2. The summed E-state index contributed by atoms with van der Waals surface area (Å²) in [4.78, 5) is 15.7. The topological polar surface area (TPSA) is 32.8 Å². The van der Waals surface area contributed by atoms with E-state index in [1.165, 1.54) is 11.1 Å². The number of hydrogen-bond donors (Lipinski definition) is 0. The number of ether oxygens (including phenoxy) is 1. The lowest BCUT2D eigenvalue weighted by Crippen LogP contribution is -2.48. The molecule has 1 amide bonds. The van der Waals surface area contributed by atoms with E-state index in [0.29, 0.717) is 6.61 Å². The monoisotopic (exact) mass is 338 g/mol. The van der Waals surface area contributed by atoms with Crippen LogP contribution in [0.25, 0.3) is 0 Å². The number of benzene rings is 2. The molecule has 0 saturated carbocycles. The molecule has 4 nitrogen and oxygen atoms in total. The lowest BCUT2D eigenvalue weighted by atomic mass is 10.0. The zero-order valence-corrected chi connectivity index (χ0v) is 14.8. The zero-order chi connectivity index (χ0) is 17.5. The highest BCUT2D eigenvalue weighted by Gasteiger charge is 2.19. The second kappa shape index (κ2) is 8.79. The van der Waals surface area contributed by atoms with Crippen molar-refractivity contribution in [2.45, 2.75) is 13.0 Å². The van der Waals surface area contributed by atoms with Gasteiger partial charge >= 0.3 is 0 Å². The SMILES string of the molecule is CC(=O)N1CCN(CCOC(c2ccccc2)c2ccccc2)CC1. The third-order valence-corrected chi connectivity index (χ3v) is 4.71. The standard InChI is InChI=1S/C21H26N2O2/c1-18(24)23-14-12-22(13-15-23)16-17-25-21(19-8-4-2-5-9-19)20-10-6-3-7-11-20/h2-11,21H,12-17H2,1H3. The van der Waals surface area contributed by atoms with Gasteiger partial charge in [0, 0.05) is 39.6 Å². The summed E-state index contributed by atoms with van der Waals surface area (Å²) in [7, 11) is 0. The molecule has 0 radical (unpaired) electrons. The van der Waals surface area contributed by atoms with Crippen molar-refractivity contribution in [1.29, 1.82) is 0 Å². The Hall–Kier alpha value is -2.17. The fourth-order valence-corrected chi connectivity index (χ4v) is 3.23. The maximum Gasteiger partial charge on any atom is 0.219 e. The van der Waals surface area contributed by atoms with Gasteiger partial charge in [-0.05, 0) is 11.1 Å². The molecule has 2 aromatic carbocycles. The normalized spacial score (nSPS) is 15.5. The summed E-state index contributed by atoms with van der Waals surface area (Å²) in [5, 5.41) is 0. The minimum Gasteiger partial charge on any atom is -0.367 e. The molecule has 4 heteroatoms. The average Bonchev–Trinajstić information content (AvgIpc) is 2.67. The quantitative estimate of drug-likeness (QED) is 0.812. The highest BCUT2D eigenvalue weighted by atomic mass is 16.5. The van der Waals surface area contributed by atoms with Crippen LogP contribution in [0.15, 0.2) is 60.7 Å². The van der Waals surface area contributed by atoms with Crippen molar-refractivity contribution in [2.75, 3.05) is 39.3 Å². The Morgan fingerprint density at radius 3 is 1.92 bits per heavy atom. The molecule has 2 aromatic rings. The molecule has 3 rings (SSSR count). The summed E-state index contributed by atoms with van der Waals surface area (Å²) in [6, 6.07) is 20.7. The van der Waals surface area contributed by atoms with Crippen molar-refractivity contribution in [1.82, 2.24) is 9.80 Å². The number of amides is 1. The van der Waals surface area contributed by atoms with Crippen molar-refractivity contribution in [3.63, 3.8) is 0 Å². The molecule has 0 N–H and O–H groups in total. The first kappa shape index (κ1) is 17.6. The summed E-state index contributed by atoms with van der Waals surface area (Å²) in [5.74, 6) is 0.170. The third kappa shape index (κ3) is 4.91. The van der Waals surface area contributed by atoms with Crippen molar-refractivity contribution in [2.24, 2.45) is 0 Å². The largest absolute Gasteiger partial charge is 0.367 e. The molecule has 0 bridgehead atoms. The fraction of sp³-hybridized carbons (Fsp3) is 0.381. The lowest BCUT2D eigenvalue weighted by molar-refractivity contribution is -0.130. The van der Waals surface area contributed by atoms with Gasteiger partial charge in [0.25, 0.3) is 0 Å². The smallest absolute Gasteiger partial charge is 0.219 e. The Morgan fingerprint density at radius 2 is 1.44 bits per heavy atom. The molecule has 0 unspecified atom stereocenters. The van der Waals surface area contributed by atoms with E-state index in [4.69, 9.17) is 4.74 Å². The van der Waals surface area contributed by atoms with Crippen LogP contribution in [-0.4, -0.2) is 55.0 Å². The molecule has 0 atom stereocenters. The molecular formula is C21H26N2O2. The minimum atomic E-state index is -0.0408. The number of piperazine rings is 1. The van der Waals surface area contributed by atoms with Gasteiger partial charge in [0.2, 0.25) is 5.91 Å². The van der Waals surface area contributed by atoms with Crippen LogP contribution in [0.5, 0.6) is 0 Å². The van der Waals surface area contributed by atoms with Crippen LogP contribution in [0.3, 0.4) is 0 Å². The molecule has 0 aromatic heterocycles. The molecule has 132 valence electrons. The van der Waals surface area contributed by atoms with Gasteiger partial charge in [-0.1, -0.05) is 60.7 Å². The first-order valence-electron chi connectivity index (χ1n) is 8.93. The Balaban J connectivity index is 1.56. The van der Waals surface area contributed by atoms with E-state index in [0.717, 1.165) is 32.7 Å². The van der Waals surface area contributed by atoms with E-state index in [1.807, 2.05) is 17.0 Å². The number of rotatable bonds is 6. The van der Waals surface area contributed by atoms with Gasteiger partial charge in [0.15, 0.2) is 0 Å². The summed E-state index contributed by atoms with van der Waals surface area (Å²) >= 11 is 0. The Labute approximate surface area is 150 Å². The third-order valence-electron chi connectivity index (χ3n) is 4.71. The van der Waals surface area contributed by atoms with Crippen LogP contribution in [0.1, 0.15) is 24.2 Å². The summed E-state index contributed by atoms with van der Waals surface area (Å²) in [6.07, 6.45) is -0.0408. The van der Waals surface area contributed by atoms with Gasteiger partial charge < -0.3 is 9.64 Å². The molecule has 1 saturated heterocycles. The van der Waals surface area contributed by atoms with Crippen LogP contribution in [0, 0.1) is 0 Å². The minimum absolute atomic E-state index is 0.0408. The summed E-state index contributed by atoms with van der Waals surface area (Å²) < 4.78 is 6.27. The zero-order valence-electron chi connectivity index (χ0n) is 14.8. The van der Waals surface area contributed by atoms with Gasteiger partial charge in [0.1, 0.15) is 6.10 Å². The number of carbonyl (C=O) groups is 1. The molecule has 25 heavy (non-hydrogen) atoms. The second-order valence-electron chi connectivity index (χ2n) is 6.42. The summed E-state index contributed by atoms with van der Waals surface area (Å²) in [5.41, 5.74) is 2.35. The van der Waals surface area contributed by atoms with E-state index in [-0.39, 0.29) is 12.0 Å². The lowest BCUT2D eigenvalue weighted by Gasteiger charge is -2.34. The van der Waals surface area contributed by atoms with Crippen LogP contribution in [0.4, 0.5) is 0 Å². The van der Waals surface area contributed by atoms with E-state index >= 15 is 0 Å². The molecular weight excluding hydrogens is 312 g/mol. The Kier molecular flexibility index (Phi) is 6.20. The molecule has 1 heterocycles. The van der Waals surface area contributed by atoms with Crippen LogP contribution in [0.2, 0.25) is 0 Å². The second-order valence-corrected chi connectivity index (χ2v) is 6.42. The van der Waals surface area contributed by atoms with Gasteiger partial charge in [-0.2, -0.15) is 0 Å². The predicted octanol–water partition coefficient (Wildman–Crippen LogP) is 2.96. The maximum atomic E-state index is 11.4. The summed E-state index contributed by atoms with van der Waals surface area (Å²) in [6.45, 7) is 6.68. The van der Waals surface area contributed by atoms with Crippen LogP contribution in [-0.2, 0) is 9.53 Å². The van der Waals surface area contributed by atoms with E-state index in [1.54, 1.807) is 6.92 Å². The molecule has 1 aliphatic rings. The van der Waals surface area contributed by atoms with Gasteiger partial charge in [0.05, 0.1) is 6.61 Å². The van der Waals surface area contributed by atoms with Crippen molar-refractivity contribution < 1.29 is 9.53 Å². The predicted molar refractivity (Wildman–Crippen MR) is 99.4 cm³/mol. The number of hydrogen-bond acceptors (Lipinski definition) is 3. The van der Waals surface area contributed by atoms with Gasteiger partial charge in [-0.3, -0.25) is 9.69 Å². The average molecular weight is 338 g/mol. The van der Waals surface area contributed by atoms with E-state index in [9.17, 15) is 4.79 Å². The maximum absolute atomic E-state index is 11.4. The van der Waals surface area contributed by atoms with E-state index < -0.39 is 0 Å². The van der Waals surface area contributed by atoms with Crippen LogP contribution >= 0.6 is 0 Å². The first-order valence-corrected chi connectivity index (χ1v) is 8.93. The van der Waals surface area contributed by atoms with Gasteiger partial charge in [-0.15, -0.1) is 0 Å². The van der Waals surface area contributed by atoms with Crippen molar-refractivity contribution >= 4 is 5.91 Å². The van der Waals surface area contributed by atoms with Crippen LogP contribution < -0.4 is 0 Å². The number of carbonyl (C=O) groups excluding carboxylic acids is 1. The van der Waals surface area contributed by atoms with E-state index in [2.05, 4.69) is 53.4 Å². The first-order chi connectivity index (χ1) is 12.2. The highest BCUT2D eigenvalue weighted by Crippen LogP contribution is 2.25. The van der Waals surface area contributed by atoms with Gasteiger partial charge in [-0.25, -0.2) is 0 Å². The molecule has 0 aliphatic carbocycles. The highest BCUT2D eigenvalue weighted by molar-refractivity contribution is 5.73. The van der Waals surface area contributed by atoms with Crippen molar-refractivity contribution in [3.05, 3.63) is 71.8 Å².